The summed E-state index contributed by atoms with van der Waals surface area (Å²) in [6.45, 7) is 1.84. The van der Waals surface area contributed by atoms with Gasteiger partial charge in [0.2, 0.25) is 5.96 Å². The number of guanidine groups is 1. The van der Waals surface area contributed by atoms with E-state index in [1.54, 1.807) is 18.2 Å². The van der Waals surface area contributed by atoms with Crippen LogP contribution in [0.25, 0.3) is 0 Å². The molecular formula is C15H16BrFN4O4S. The van der Waals surface area contributed by atoms with Gasteiger partial charge in [-0.2, -0.15) is 13.5 Å². The number of rotatable bonds is 3. The molecule has 0 saturated carbocycles. The van der Waals surface area contributed by atoms with Crippen LogP contribution in [0.1, 0.15) is 11.1 Å². The summed E-state index contributed by atoms with van der Waals surface area (Å²) in [6, 6.07) is 10.3. The molecule has 0 unspecified atom stereocenters. The van der Waals surface area contributed by atoms with Gasteiger partial charge < -0.3 is 5.73 Å². The zero-order chi connectivity index (χ0) is 19.9. The average Bonchev–Trinajstić information content (AvgIpc) is 2.55. The van der Waals surface area contributed by atoms with E-state index in [4.69, 9.17) is 20.9 Å². The summed E-state index contributed by atoms with van der Waals surface area (Å²) in [6.07, 6.45) is 1.18. The first-order valence-electron chi connectivity index (χ1n) is 6.87. The Balaban J connectivity index is 0.000000273. The molecule has 2 aromatic carbocycles. The quantitative estimate of drug-likeness (QED) is 0.247. The number of halogens is 2. The van der Waals surface area contributed by atoms with Crippen molar-refractivity contribution in [3.05, 3.63) is 63.9 Å². The topological polar surface area (TPSA) is 140 Å². The van der Waals surface area contributed by atoms with Gasteiger partial charge >= 0.3 is 0 Å². The van der Waals surface area contributed by atoms with Gasteiger partial charge in [-0.05, 0) is 52.7 Å². The summed E-state index contributed by atoms with van der Waals surface area (Å²) in [7, 11) is -4.02. The van der Waals surface area contributed by atoms with Crippen LogP contribution in [0.2, 0.25) is 0 Å². The maximum absolute atomic E-state index is 13.0. The summed E-state index contributed by atoms with van der Waals surface area (Å²) in [4.78, 5) is -0.0666. The fourth-order valence-corrected chi connectivity index (χ4v) is 2.21. The monoisotopic (exact) mass is 446 g/mol. The maximum Gasteiger partial charge on any atom is 0.294 e. The predicted octanol–water partition coefficient (Wildman–Crippen LogP) is 2.75. The van der Waals surface area contributed by atoms with E-state index in [0.29, 0.717) is 10.0 Å². The normalized spacial score (nSPS) is 11.0. The molecular weight excluding hydrogens is 431 g/mol. The Hall–Kier alpha value is -2.34. The van der Waals surface area contributed by atoms with Gasteiger partial charge in [0.25, 0.3) is 10.1 Å². The molecule has 0 fully saturated rings. The van der Waals surface area contributed by atoms with E-state index >= 15 is 0 Å². The largest absolute Gasteiger partial charge is 0.367 e. The standard InChI is InChI=1S/C8H8BrFN4O.C7H8O3S/c9-6-2-1-5(3-7(6)10)4-13-14(15)8(11)12;1-6-2-4-7(5-3-6)11(8,9)10/h1-4,15H,(H3,11,12);2-5H,1H3,(H,8,9,10)/b13-4+;. The number of nitrogens with zero attached hydrogens (tertiary/aromatic N) is 2. The third-order valence-electron chi connectivity index (χ3n) is 2.79. The van der Waals surface area contributed by atoms with Crippen molar-refractivity contribution in [3.8, 4) is 0 Å². The number of aryl methyl sites for hydroxylation is 1. The molecule has 0 amide bonds. The van der Waals surface area contributed by atoms with Crippen molar-refractivity contribution >= 4 is 38.2 Å². The molecule has 0 radical (unpaired) electrons. The zero-order valence-electron chi connectivity index (χ0n) is 13.5. The highest BCUT2D eigenvalue weighted by Crippen LogP contribution is 2.15. The second kappa shape index (κ2) is 9.38. The smallest absolute Gasteiger partial charge is 0.294 e. The van der Waals surface area contributed by atoms with Crippen molar-refractivity contribution in [2.45, 2.75) is 11.8 Å². The van der Waals surface area contributed by atoms with Crippen molar-refractivity contribution in [2.24, 2.45) is 10.8 Å². The fraction of sp³-hybridized carbons (Fsp3) is 0.0667. The molecule has 140 valence electrons. The van der Waals surface area contributed by atoms with Gasteiger partial charge in [-0.15, -0.1) is 5.17 Å². The summed E-state index contributed by atoms with van der Waals surface area (Å²) in [5.41, 5.74) is 6.31. The molecule has 2 aromatic rings. The lowest BCUT2D eigenvalue weighted by Crippen LogP contribution is -2.28. The highest BCUT2D eigenvalue weighted by molar-refractivity contribution is 9.10. The third-order valence-corrected chi connectivity index (χ3v) is 4.31. The lowest BCUT2D eigenvalue weighted by atomic mass is 10.2. The molecule has 0 saturated heterocycles. The highest BCUT2D eigenvalue weighted by Gasteiger charge is 2.06. The first kappa shape index (κ1) is 21.7. The minimum atomic E-state index is -4.02. The zero-order valence-corrected chi connectivity index (χ0v) is 15.9. The maximum atomic E-state index is 13.0. The molecule has 0 aromatic heterocycles. The molecule has 0 bridgehead atoms. The number of hydrogen-bond acceptors (Lipinski definition) is 5. The Labute approximate surface area is 158 Å². The van der Waals surface area contributed by atoms with E-state index < -0.39 is 21.9 Å². The second-order valence-corrected chi connectivity index (χ2v) is 7.16. The number of hydrogen-bond donors (Lipinski definition) is 4. The fourth-order valence-electron chi connectivity index (χ4n) is 1.49. The highest BCUT2D eigenvalue weighted by atomic mass is 79.9. The Morgan fingerprint density at radius 3 is 2.35 bits per heavy atom. The number of hydroxylamine groups is 1. The molecule has 0 heterocycles. The molecule has 5 N–H and O–H groups in total. The van der Waals surface area contributed by atoms with Crippen LogP contribution in [-0.2, 0) is 10.1 Å². The molecule has 8 nitrogen and oxygen atoms in total. The summed E-state index contributed by atoms with van der Waals surface area (Å²) < 4.78 is 42.9. The van der Waals surface area contributed by atoms with Gasteiger partial charge in [-0.1, -0.05) is 23.8 Å². The predicted molar refractivity (Wildman–Crippen MR) is 98.2 cm³/mol. The van der Waals surface area contributed by atoms with E-state index in [-0.39, 0.29) is 10.1 Å². The van der Waals surface area contributed by atoms with E-state index in [0.717, 1.165) is 5.56 Å². The molecule has 0 atom stereocenters. The van der Waals surface area contributed by atoms with Crippen LogP contribution >= 0.6 is 15.9 Å². The summed E-state index contributed by atoms with van der Waals surface area (Å²) >= 11 is 3.00. The number of nitrogens with one attached hydrogen (secondary N) is 1. The van der Waals surface area contributed by atoms with Crippen LogP contribution in [-0.4, -0.2) is 35.5 Å². The van der Waals surface area contributed by atoms with E-state index in [9.17, 15) is 12.8 Å². The first-order chi connectivity index (χ1) is 12.0. The van der Waals surface area contributed by atoms with Crippen LogP contribution < -0.4 is 5.73 Å². The molecule has 26 heavy (non-hydrogen) atoms. The average molecular weight is 447 g/mol. The number of hydrazone groups is 1. The van der Waals surface area contributed by atoms with E-state index in [1.165, 1.54) is 30.5 Å². The van der Waals surface area contributed by atoms with Crippen LogP contribution in [0, 0.1) is 18.2 Å². The van der Waals surface area contributed by atoms with Gasteiger partial charge in [-0.25, -0.2) is 4.39 Å². The Morgan fingerprint density at radius 2 is 1.88 bits per heavy atom. The summed E-state index contributed by atoms with van der Waals surface area (Å²) in [5.74, 6) is -1.06. The molecule has 0 aliphatic heterocycles. The Kier molecular flexibility index (Phi) is 7.83. The number of benzene rings is 2. The van der Waals surface area contributed by atoms with Gasteiger partial charge in [0.1, 0.15) is 5.82 Å². The van der Waals surface area contributed by atoms with Crippen molar-refractivity contribution < 1.29 is 22.6 Å². The third kappa shape index (κ3) is 7.27. The van der Waals surface area contributed by atoms with Crippen LogP contribution in [0.4, 0.5) is 4.39 Å². The first-order valence-corrected chi connectivity index (χ1v) is 9.10. The second-order valence-electron chi connectivity index (χ2n) is 4.88. The molecule has 11 heteroatoms. The minimum absolute atomic E-state index is 0.0666. The lowest BCUT2D eigenvalue weighted by molar-refractivity contribution is -0.0139. The lowest BCUT2D eigenvalue weighted by Gasteiger charge is -2.05. The molecule has 0 aliphatic carbocycles. The van der Waals surface area contributed by atoms with Crippen LogP contribution in [0.3, 0.4) is 0 Å². The van der Waals surface area contributed by atoms with Gasteiger partial charge in [0.05, 0.1) is 15.6 Å². The Bertz CT molecular complexity index is 904. The van der Waals surface area contributed by atoms with Gasteiger partial charge in [0, 0.05) is 0 Å². The van der Waals surface area contributed by atoms with E-state index in [2.05, 4.69) is 21.0 Å². The van der Waals surface area contributed by atoms with Crippen molar-refractivity contribution in [1.82, 2.24) is 5.17 Å². The van der Waals surface area contributed by atoms with Crippen LogP contribution in [0.5, 0.6) is 0 Å². The van der Waals surface area contributed by atoms with Gasteiger partial charge in [-0.3, -0.25) is 15.2 Å². The van der Waals surface area contributed by atoms with Crippen molar-refractivity contribution in [1.29, 1.82) is 5.41 Å². The summed E-state index contributed by atoms with van der Waals surface area (Å²) in [5, 5.41) is 19.3. The SMILES string of the molecule is Cc1ccc(S(=O)(=O)O)cc1.N=C(N)N(O)/N=C/c1ccc(Br)c(F)c1. The molecule has 2 rings (SSSR count). The van der Waals surface area contributed by atoms with Gasteiger partial charge in [0.15, 0.2) is 0 Å². The van der Waals surface area contributed by atoms with E-state index in [1.807, 2.05) is 6.92 Å². The van der Waals surface area contributed by atoms with Crippen molar-refractivity contribution in [2.75, 3.05) is 0 Å². The molecule has 0 aliphatic rings. The minimum Gasteiger partial charge on any atom is -0.367 e. The van der Waals surface area contributed by atoms with Crippen LogP contribution in [0.15, 0.2) is 56.9 Å². The Morgan fingerprint density at radius 1 is 1.31 bits per heavy atom. The number of nitrogens with two attached hydrogens (primary N) is 1. The molecule has 0 spiro atoms. The van der Waals surface area contributed by atoms with Crippen molar-refractivity contribution in [3.63, 3.8) is 0 Å².